The number of methoxy groups -OCH3 is 1. The Morgan fingerprint density at radius 3 is 2.36 bits per heavy atom. The van der Waals surface area contributed by atoms with Gasteiger partial charge >= 0.3 is 12.1 Å². The summed E-state index contributed by atoms with van der Waals surface area (Å²) in [6, 6.07) is 21.2. The number of rotatable bonds is 7. The first-order chi connectivity index (χ1) is 16.0. The monoisotopic (exact) mass is 449 g/mol. The molecule has 1 aliphatic heterocycles. The maximum absolute atomic E-state index is 13.5. The summed E-state index contributed by atoms with van der Waals surface area (Å²) in [5, 5.41) is 11.0. The first kappa shape index (κ1) is 22.5. The fourth-order valence-electron chi connectivity index (χ4n) is 4.05. The third kappa shape index (κ3) is 4.88. The minimum atomic E-state index is -0.940. The van der Waals surface area contributed by atoms with Crippen molar-refractivity contribution >= 4 is 17.7 Å². The molecule has 1 unspecified atom stereocenters. The van der Waals surface area contributed by atoms with Crippen molar-refractivity contribution in [2.45, 2.75) is 31.1 Å². The van der Waals surface area contributed by atoms with Crippen molar-refractivity contribution in [3.05, 3.63) is 101 Å². The average molecular weight is 449 g/mol. The van der Waals surface area contributed by atoms with Crippen LogP contribution in [0.1, 0.15) is 33.9 Å². The molecule has 1 heterocycles. The lowest BCUT2D eigenvalue weighted by Crippen LogP contribution is -2.35. The number of amides is 1. The fraction of sp³-hybridized carbons (Fsp3) is 0.231. The Balaban J connectivity index is 1.65. The molecule has 0 radical (unpaired) electrons. The van der Waals surface area contributed by atoms with E-state index in [2.05, 4.69) is 0 Å². The van der Waals surface area contributed by atoms with Gasteiger partial charge in [0.05, 0.1) is 18.8 Å². The van der Waals surface area contributed by atoms with Crippen LogP contribution in [0, 0.1) is 5.82 Å². The summed E-state index contributed by atoms with van der Waals surface area (Å²) in [4.78, 5) is 26.1. The topological polar surface area (TPSA) is 76.1 Å². The van der Waals surface area contributed by atoms with Crippen LogP contribution in [0.25, 0.3) is 0 Å². The van der Waals surface area contributed by atoms with Crippen LogP contribution in [-0.4, -0.2) is 36.5 Å². The number of esters is 1. The predicted octanol–water partition coefficient (Wildman–Crippen LogP) is 4.67. The summed E-state index contributed by atoms with van der Waals surface area (Å²) in [5.74, 6) is -0.903. The van der Waals surface area contributed by atoms with Gasteiger partial charge in [-0.1, -0.05) is 42.5 Å². The largest absolute Gasteiger partial charge is 0.465 e. The maximum atomic E-state index is 13.5. The van der Waals surface area contributed by atoms with E-state index in [4.69, 9.17) is 9.47 Å². The van der Waals surface area contributed by atoms with Crippen molar-refractivity contribution < 1.29 is 28.6 Å². The molecule has 0 bridgehead atoms. The highest BCUT2D eigenvalue weighted by Gasteiger charge is 2.46. The Bertz CT molecular complexity index is 1100. The minimum Gasteiger partial charge on any atom is -0.465 e. The standard InChI is InChI=1S/C26H24FNO5/c1-32-25(30)19-10-8-18(9-11-19)23-24(22(29)16-7-17-5-3-2-4-6-17)33-26(31)28(23)21-14-12-20(27)13-15-21/h2-6,8-15,22-24,29H,7,16H2,1H3/t22-,23+,24?/m0/s1. The van der Waals surface area contributed by atoms with Crippen LogP contribution in [0.5, 0.6) is 0 Å². The van der Waals surface area contributed by atoms with E-state index in [0.717, 1.165) is 5.56 Å². The van der Waals surface area contributed by atoms with E-state index in [-0.39, 0.29) is 0 Å². The highest BCUT2D eigenvalue weighted by molar-refractivity contribution is 5.92. The number of cyclic esters (lactones) is 1. The van der Waals surface area contributed by atoms with Gasteiger partial charge in [0.2, 0.25) is 0 Å². The molecule has 0 aromatic heterocycles. The Morgan fingerprint density at radius 2 is 1.73 bits per heavy atom. The van der Waals surface area contributed by atoms with Gasteiger partial charge in [0.1, 0.15) is 11.9 Å². The fourth-order valence-corrected chi connectivity index (χ4v) is 4.05. The zero-order valence-electron chi connectivity index (χ0n) is 18.1. The van der Waals surface area contributed by atoms with Gasteiger partial charge in [0, 0.05) is 5.69 Å². The van der Waals surface area contributed by atoms with Crippen molar-refractivity contribution in [2.24, 2.45) is 0 Å². The smallest absolute Gasteiger partial charge is 0.415 e. The number of aryl methyl sites for hydroxylation is 1. The van der Waals surface area contributed by atoms with Crippen molar-refractivity contribution in [1.82, 2.24) is 0 Å². The zero-order valence-corrected chi connectivity index (χ0v) is 18.1. The Labute approximate surface area is 191 Å². The molecular weight excluding hydrogens is 425 g/mol. The van der Waals surface area contributed by atoms with E-state index in [1.54, 1.807) is 24.3 Å². The van der Waals surface area contributed by atoms with Crippen molar-refractivity contribution in [2.75, 3.05) is 12.0 Å². The summed E-state index contributed by atoms with van der Waals surface area (Å²) in [6.07, 6.45) is -1.43. The van der Waals surface area contributed by atoms with Gasteiger partial charge in [-0.3, -0.25) is 4.90 Å². The molecule has 6 nitrogen and oxygen atoms in total. The molecule has 1 saturated heterocycles. The molecule has 3 aromatic carbocycles. The van der Waals surface area contributed by atoms with Gasteiger partial charge in [0.25, 0.3) is 0 Å². The Morgan fingerprint density at radius 1 is 1.06 bits per heavy atom. The first-order valence-electron chi connectivity index (χ1n) is 10.6. The number of halogens is 1. The normalized spacial score (nSPS) is 18.6. The molecule has 7 heteroatoms. The molecule has 3 atom stereocenters. The van der Waals surface area contributed by atoms with Crippen LogP contribution in [-0.2, 0) is 15.9 Å². The molecule has 0 spiro atoms. The molecule has 3 aromatic rings. The van der Waals surface area contributed by atoms with Crippen LogP contribution >= 0.6 is 0 Å². The molecule has 1 amide bonds. The molecule has 4 rings (SSSR count). The van der Waals surface area contributed by atoms with E-state index >= 15 is 0 Å². The van der Waals surface area contributed by atoms with E-state index in [9.17, 15) is 19.1 Å². The lowest BCUT2D eigenvalue weighted by molar-refractivity contribution is 0.0146. The number of hydrogen-bond acceptors (Lipinski definition) is 5. The molecule has 1 aliphatic rings. The number of hydrogen-bond donors (Lipinski definition) is 1. The van der Waals surface area contributed by atoms with Crippen molar-refractivity contribution in [3.63, 3.8) is 0 Å². The summed E-state index contributed by atoms with van der Waals surface area (Å²) in [5.41, 5.74) is 2.54. The first-order valence-corrected chi connectivity index (χ1v) is 10.6. The Kier molecular flexibility index (Phi) is 6.70. The summed E-state index contributed by atoms with van der Waals surface area (Å²) >= 11 is 0. The van der Waals surface area contributed by atoms with E-state index in [1.807, 2.05) is 30.3 Å². The molecule has 1 fully saturated rings. The number of carbonyl (C=O) groups excluding carboxylic acids is 2. The van der Waals surface area contributed by atoms with Crippen LogP contribution in [0.2, 0.25) is 0 Å². The van der Waals surface area contributed by atoms with Gasteiger partial charge < -0.3 is 14.6 Å². The number of ether oxygens (including phenoxy) is 2. The number of anilines is 1. The molecule has 0 saturated carbocycles. The second kappa shape index (κ2) is 9.83. The number of carbonyl (C=O) groups is 2. The van der Waals surface area contributed by atoms with Crippen LogP contribution in [0.15, 0.2) is 78.9 Å². The third-order valence-corrected chi connectivity index (χ3v) is 5.75. The highest BCUT2D eigenvalue weighted by Crippen LogP contribution is 2.39. The molecule has 33 heavy (non-hydrogen) atoms. The van der Waals surface area contributed by atoms with Gasteiger partial charge in [-0.25, -0.2) is 14.0 Å². The predicted molar refractivity (Wildman–Crippen MR) is 120 cm³/mol. The Hall–Kier alpha value is -3.71. The van der Waals surface area contributed by atoms with E-state index in [1.165, 1.54) is 36.3 Å². The number of nitrogens with zero attached hydrogens (tertiary/aromatic N) is 1. The van der Waals surface area contributed by atoms with Crippen molar-refractivity contribution in [1.29, 1.82) is 0 Å². The number of aliphatic hydroxyl groups is 1. The highest BCUT2D eigenvalue weighted by atomic mass is 19.1. The molecule has 170 valence electrons. The lowest BCUT2D eigenvalue weighted by atomic mass is 9.93. The molecule has 1 N–H and O–H groups in total. The average Bonchev–Trinajstić information content (AvgIpc) is 3.20. The second-order valence-corrected chi connectivity index (χ2v) is 7.84. The summed E-state index contributed by atoms with van der Waals surface area (Å²) < 4.78 is 23.9. The summed E-state index contributed by atoms with van der Waals surface area (Å²) in [7, 11) is 1.30. The molecule has 0 aliphatic carbocycles. The van der Waals surface area contributed by atoms with Gasteiger partial charge in [-0.2, -0.15) is 0 Å². The maximum Gasteiger partial charge on any atom is 0.415 e. The quantitative estimate of drug-likeness (QED) is 0.531. The molecular formula is C26H24FNO5. The van der Waals surface area contributed by atoms with Gasteiger partial charge in [-0.05, 0) is 60.4 Å². The van der Waals surface area contributed by atoms with E-state index in [0.29, 0.717) is 29.7 Å². The zero-order chi connectivity index (χ0) is 23.4. The lowest BCUT2D eigenvalue weighted by Gasteiger charge is -2.27. The summed E-state index contributed by atoms with van der Waals surface area (Å²) in [6.45, 7) is 0. The van der Waals surface area contributed by atoms with Crippen LogP contribution < -0.4 is 4.90 Å². The van der Waals surface area contributed by atoms with E-state index < -0.39 is 36.1 Å². The number of benzene rings is 3. The minimum absolute atomic E-state index is 0.362. The van der Waals surface area contributed by atoms with Gasteiger partial charge in [-0.15, -0.1) is 0 Å². The SMILES string of the molecule is COC(=O)c1ccc([C@@H]2C([C@@H](O)CCc3ccccc3)OC(=O)N2c2ccc(F)cc2)cc1. The van der Waals surface area contributed by atoms with Gasteiger partial charge in [0.15, 0.2) is 6.10 Å². The second-order valence-electron chi connectivity index (χ2n) is 7.84. The number of aliphatic hydroxyl groups excluding tert-OH is 1. The third-order valence-electron chi connectivity index (χ3n) is 5.75. The van der Waals surface area contributed by atoms with Crippen LogP contribution in [0.3, 0.4) is 0 Å². The van der Waals surface area contributed by atoms with Crippen LogP contribution in [0.4, 0.5) is 14.9 Å². The van der Waals surface area contributed by atoms with Crippen molar-refractivity contribution in [3.8, 4) is 0 Å².